The van der Waals surface area contributed by atoms with Crippen LogP contribution in [0.15, 0.2) is 36.7 Å². The first-order valence-corrected chi connectivity index (χ1v) is 9.46. The summed E-state index contributed by atoms with van der Waals surface area (Å²) in [5.74, 6) is -2.05. The Bertz CT molecular complexity index is 872. The third kappa shape index (κ3) is 4.85. The number of halogens is 1. The number of carbonyl (C=O) groups is 2. The maximum atomic E-state index is 13.7. The van der Waals surface area contributed by atoms with E-state index in [-0.39, 0.29) is 17.4 Å². The highest BCUT2D eigenvalue weighted by atomic mass is 19.1. The summed E-state index contributed by atoms with van der Waals surface area (Å²) < 4.78 is 13.7. The Hall–Kier alpha value is -2.96. The van der Waals surface area contributed by atoms with Crippen molar-refractivity contribution in [2.24, 2.45) is 5.92 Å². The number of aryl methyl sites for hydroxylation is 1. The number of anilines is 2. The summed E-state index contributed by atoms with van der Waals surface area (Å²) >= 11 is 0. The van der Waals surface area contributed by atoms with Crippen molar-refractivity contribution in [2.75, 3.05) is 23.3 Å². The van der Waals surface area contributed by atoms with Gasteiger partial charge in [-0.05, 0) is 49.1 Å². The van der Waals surface area contributed by atoms with Crippen LogP contribution in [0.1, 0.15) is 30.9 Å². The highest BCUT2D eigenvalue weighted by Gasteiger charge is 2.26. The van der Waals surface area contributed by atoms with E-state index in [2.05, 4.69) is 28.2 Å². The van der Waals surface area contributed by atoms with Gasteiger partial charge in [0.1, 0.15) is 5.82 Å². The molecule has 28 heavy (non-hydrogen) atoms. The SMILES string of the molecule is CCc1cncc(N2CCC[C@H](C(=O)Nc3ccc(F)c(CC(=O)O)c3)C2)c1. The van der Waals surface area contributed by atoms with Crippen LogP contribution in [0, 0.1) is 11.7 Å². The van der Waals surface area contributed by atoms with Crippen LogP contribution in [0.3, 0.4) is 0 Å². The van der Waals surface area contributed by atoms with Crippen LogP contribution in [0.2, 0.25) is 0 Å². The van der Waals surface area contributed by atoms with E-state index in [9.17, 15) is 14.0 Å². The van der Waals surface area contributed by atoms with Crippen molar-refractivity contribution in [1.82, 2.24) is 4.98 Å². The quantitative estimate of drug-likeness (QED) is 0.798. The van der Waals surface area contributed by atoms with E-state index < -0.39 is 18.2 Å². The fourth-order valence-electron chi connectivity index (χ4n) is 3.46. The zero-order valence-corrected chi connectivity index (χ0v) is 15.8. The van der Waals surface area contributed by atoms with Crippen LogP contribution in [-0.4, -0.2) is 35.1 Å². The fourth-order valence-corrected chi connectivity index (χ4v) is 3.46. The Labute approximate surface area is 163 Å². The van der Waals surface area contributed by atoms with Gasteiger partial charge in [0.05, 0.1) is 24.2 Å². The van der Waals surface area contributed by atoms with Crippen molar-refractivity contribution in [3.8, 4) is 0 Å². The zero-order chi connectivity index (χ0) is 20.1. The number of nitrogens with zero attached hydrogens (tertiary/aromatic N) is 2. The number of nitrogens with one attached hydrogen (secondary N) is 1. The fraction of sp³-hybridized carbons (Fsp3) is 0.381. The molecule has 148 valence electrons. The van der Waals surface area contributed by atoms with Crippen molar-refractivity contribution < 1.29 is 19.1 Å². The van der Waals surface area contributed by atoms with Crippen LogP contribution >= 0.6 is 0 Å². The number of benzene rings is 1. The van der Waals surface area contributed by atoms with E-state index >= 15 is 0 Å². The van der Waals surface area contributed by atoms with E-state index in [1.807, 2.05) is 12.4 Å². The summed E-state index contributed by atoms with van der Waals surface area (Å²) in [4.78, 5) is 30.0. The minimum atomic E-state index is -1.12. The topological polar surface area (TPSA) is 82.5 Å². The molecular weight excluding hydrogens is 361 g/mol. The molecule has 1 aromatic carbocycles. The molecule has 0 spiro atoms. The van der Waals surface area contributed by atoms with E-state index in [0.717, 1.165) is 37.1 Å². The molecule has 0 radical (unpaired) electrons. The summed E-state index contributed by atoms with van der Waals surface area (Å²) in [7, 11) is 0. The number of aliphatic carboxylic acids is 1. The Morgan fingerprint density at radius 2 is 2.14 bits per heavy atom. The minimum absolute atomic E-state index is 0.0537. The third-order valence-electron chi connectivity index (χ3n) is 5.00. The van der Waals surface area contributed by atoms with E-state index in [4.69, 9.17) is 5.11 Å². The number of piperidine rings is 1. The molecule has 0 unspecified atom stereocenters. The maximum Gasteiger partial charge on any atom is 0.307 e. The summed E-state index contributed by atoms with van der Waals surface area (Å²) in [6, 6.07) is 6.12. The monoisotopic (exact) mass is 385 g/mol. The Morgan fingerprint density at radius 1 is 1.32 bits per heavy atom. The molecule has 0 saturated carbocycles. The van der Waals surface area contributed by atoms with Crippen molar-refractivity contribution in [3.05, 3.63) is 53.6 Å². The van der Waals surface area contributed by atoms with Crippen LogP contribution in [0.4, 0.5) is 15.8 Å². The van der Waals surface area contributed by atoms with Crippen LogP contribution in [0.25, 0.3) is 0 Å². The number of carbonyl (C=O) groups excluding carboxylic acids is 1. The van der Waals surface area contributed by atoms with Crippen molar-refractivity contribution in [1.29, 1.82) is 0 Å². The number of rotatable bonds is 6. The largest absolute Gasteiger partial charge is 0.481 e. The molecule has 2 heterocycles. The van der Waals surface area contributed by atoms with Crippen LogP contribution in [0.5, 0.6) is 0 Å². The summed E-state index contributed by atoms with van der Waals surface area (Å²) in [5.41, 5.74) is 2.64. The lowest BCUT2D eigenvalue weighted by molar-refractivity contribution is -0.136. The number of carboxylic acids is 1. The summed E-state index contributed by atoms with van der Waals surface area (Å²) in [6.07, 6.45) is 5.81. The van der Waals surface area contributed by atoms with Crippen molar-refractivity contribution >= 4 is 23.3 Å². The van der Waals surface area contributed by atoms with Gasteiger partial charge in [-0.3, -0.25) is 14.6 Å². The predicted molar refractivity (Wildman–Crippen MR) is 105 cm³/mol. The van der Waals surface area contributed by atoms with Gasteiger partial charge in [0.25, 0.3) is 0 Å². The Balaban J connectivity index is 1.68. The number of amides is 1. The zero-order valence-electron chi connectivity index (χ0n) is 15.8. The first kappa shape index (κ1) is 19.8. The molecule has 3 rings (SSSR count). The van der Waals surface area contributed by atoms with Gasteiger partial charge < -0.3 is 15.3 Å². The molecule has 1 fully saturated rings. The number of pyridine rings is 1. The van der Waals surface area contributed by atoms with Crippen molar-refractivity contribution in [3.63, 3.8) is 0 Å². The molecule has 1 aliphatic heterocycles. The molecule has 1 atom stereocenters. The van der Waals surface area contributed by atoms with Gasteiger partial charge in [0.2, 0.25) is 5.91 Å². The maximum absolute atomic E-state index is 13.7. The van der Waals surface area contributed by atoms with Gasteiger partial charge in [-0.25, -0.2) is 4.39 Å². The van der Waals surface area contributed by atoms with E-state index in [1.54, 1.807) is 0 Å². The Kier molecular flexibility index (Phi) is 6.23. The molecular formula is C21H24FN3O3. The van der Waals surface area contributed by atoms with E-state index in [0.29, 0.717) is 12.2 Å². The molecule has 1 saturated heterocycles. The van der Waals surface area contributed by atoms with Gasteiger partial charge in [0.15, 0.2) is 0 Å². The lowest BCUT2D eigenvalue weighted by atomic mass is 9.96. The van der Waals surface area contributed by atoms with Gasteiger partial charge >= 0.3 is 5.97 Å². The van der Waals surface area contributed by atoms with Gasteiger partial charge in [0, 0.05) is 30.5 Å². The molecule has 0 bridgehead atoms. The molecule has 6 nitrogen and oxygen atoms in total. The number of aromatic nitrogens is 1. The molecule has 1 amide bonds. The van der Waals surface area contributed by atoms with E-state index in [1.165, 1.54) is 18.2 Å². The lowest BCUT2D eigenvalue weighted by Gasteiger charge is -2.33. The third-order valence-corrected chi connectivity index (χ3v) is 5.00. The molecule has 1 aliphatic rings. The minimum Gasteiger partial charge on any atom is -0.481 e. The molecule has 2 N–H and O–H groups in total. The first-order chi connectivity index (χ1) is 13.5. The lowest BCUT2D eigenvalue weighted by Crippen LogP contribution is -2.40. The second-order valence-corrected chi connectivity index (χ2v) is 7.06. The van der Waals surface area contributed by atoms with Crippen molar-refractivity contribution in [2.45, 2.75) is 32.6 Å². The van der Waals surface area contributed by atoms with Crippen LogP contribution < -0.4 is 10.2 Å². The van der Waals surface area contributed by atoms with Gasteiger partial charge in [-0.15, -0.1) is 0 Å². The number of carboxylic acid groups (broad SMARTS) is 1. The second-order valence-electron chi connectivity index (χ2n) is 7.06. The molecule has 1 aromatic heterocycles. The van der Waals surface area contributed by atoms with Gasteiger partial charge in [-0.1, -0.05) is 6.92 Å². The highest BCUT2D eigenvalue weighted by Crippen LogP contribution is 2.25. The predicted octanol–water partition coefficient (Wildman–Crippen LogP) is 3.27. The average molecular weight is 385 g/mol. The Morgan fingerprint density at radius 3 is 2.89 bits per heavy atom. The average Bonchev–Trinajstić information content (AvgIpc) is 2.70. The number of hydrogen-bond acceptors (Lipinski definition) is 4. The summed E-state index contributed by atoms with van der Waals surface area (Å²) in [6.45, 7) is 3.54. The summed E-state index contributed by atoms with van der Waals surface area (Å²) in [5, 5.41) is 11.7. The molecule has 7 heteroatoms. The smallest absolute Gasteiger partial charge is 0.307 e. The standard InChI is InChI=1S/C21H24FN3O3/c1-2-14-8-18(12-23-11-14)25-7-3-4-15(13-25)21(28)24-17-5-6-19(22)16(9-17)10-20(26)27/h5-6,8-9,11-12,15H,2-4,7,10,13H2,1H3,(H,24,28)(H,26,27)/t15-/m0/s1. The highest BCUT2D eigenvalue weighted by molar-refractivity contribution is 5.93. The molecule has 0 aliphatic carbocycles. The van der Waals surface area contributed by atoms with Crippen LogP contribution in [-0.2, 0) is 22.4 Å². The second kappa shape index (κ2) is 8.82. The first-order valence-electron chi connectivity index (χ1n) is 9.46. The van der Waals surface area contributed by atoms with Gasteiger partial charge in [-0.2, -0.15) is 0 Å². The molecule has 2 aromatic rings. The normalized spacial score (nSPS) is 16.6. The number of hydrogen-bond donors (Lipinski definition) is 2.